The van der Waals surface area contributed by atoms with Gasteiger partial charge in [0.2, 0.25) is 5.91 Å². The average Bonchev–Trinajstić information content (AvgIpc) is 3.10. The van der Waals surface area contributed by atoms with Gasteiger partial charge in [-0.2, -0.15) is 0 Å². The maximum atomic E-state index is 12.2. The summed E-state index contributed by atoms with van der Waals surface area (Å²) in [4.78, 5) is 22.8. The van der Waals surface area contributed by atoms with E-state index >= 15 is 0 Å². The molecule has 0 saturated heterocycles. The molecule has 4 aliphatic rings. The molecule has 0 aromatic heterocycles. The van der Waals surface area contributed by atoms with Gasteiger partial charge in [0.05, 0.1) is 18.6 Å². The molecule has 188 valence electrons. The van der Waals surface area contributed by atoms with Crippen LogP contribution < -0.4 is 5.32 Å². The highest BCUT2D eigenvalue weighted by Gasteiger charge is 2.62. The Morgan fingerprint density at radius 1 is 0.970 bits per heavy atom. The molecule has 0 aliphatic heterocycles. The van der Waals surface area contributed by atoms with E-state index in [1.54, 1.807) is 0 Å². The summed E-state index contributed by atoms with van der Waals surface area (Å²) in [6.07, 6.45) is 9.24. The molecule has 0 unspecified atom stereocenters. The van der Waals surface area contributed by atoms with Crippen molar-refractivity contribution in [2.24, 2.45) is 46.3 Å². The second-order valence-corrected chi connectivity index (χ2v) is 12.5. The van der Waals surface area contributed by atoms with Crippen LogP contribution in [0.25, 0.3) is 0 Å². The third kappa shape index (κ3) is 4.59. The number of carbonyl (C=O) groups is 2. The lowest BCUT2D eigenvalue weighted by Crippen LogP contribution is -2.58. The first-order chi connectivity index (χ1) is 15.6. The minimum absolute atomic E-state index is 0.0344. The fourth-order valence-electron chi connectivity index (χ4n) is 9.13. The van der Waals surface area contributed by atoms with Gasteiger partial charge < -0.3 is 20.6 Å². The van der Waals surface area contributed by atoms with Gasteiger partial charge in [-0.25, -0.2) is 0 Å². The molecule has 4 fully saturated rings. The van der Waals surface area contributed by atoms with Gasteiger partial charge >= 0.3 is 5.97 Å². The molecule has 4 N–H and O–H groups in total. The number of carboxylic acids is 1. The van der Waals surface area contributed by atoms with E-state index in [1.165, 1.54) is 25.7 Å². The number of hydrogen-bond acceptors (Lipinski definition) is 4. The Bertz CT molecular complexity index is 742. The molecule has 0 bridgehead atoms. The summed E-state index contributed by atoms with van der Waals surface area (Å²) in [5, 5.41) is 33.1. The Balaban J connectivity index is 1.40. The second kappa shape index (κ2) is 9.49. The summed E-state index contributed by atoms with van der Waals surface area (Å²) >= 11 is 0. The summed E-state index contributed by atoms with van der Waals surface area (Å²) in [6.45, 7) is 7.39. The lowest BCUT2D eigenvalue weighted by atomic mass is 9.43. The highest BCUT2D eigenvalue weighted by Crippen LogP contribution is 2.68. The molecule has 10 atom stereocenters. The Hall–Kier alpha value is -1.14. The van der Waals surface area contributed by atoms with Gasteiger partial charge in [-0.1, -0.05) is 20.8 Å². The number of hydrogen-bond donors (Lipinski definition) is 4. The van der Waals surface area contributed by atoms with E-state index in [4.69, 9.17) is 5.11 Å². The molecule has 0 aromatic carbocycles. The van der Waals surface area contributed by atoms with E-state index in [0.717, 1.165) is 32.1 Å². The summed E-state index contributed by atoms with van der Waals surface area (Å²) in [7, 11) is 0. The zero-order valence-corrected chi connectivity index (χ0v) is 20.8. The number of aliphatic hydroxyl groups excluding tert-OH is 2. The van der Waals surface area contributed by atoms with Gasteiger partial charge in [0.25, 0.3) is 0 Å². The van der Waals surface area contributed by atoms with Crippen molar-refractivity contribution >= 4 is 11.9 Å². The summed E-state index contributed by atoms with van der Waals surface area (Å²) < 4.78 is 0. The quantitative estimate of drug-likeness (QED) is 0.457. The molecule has 0 spiro atoms. The number of nitrogens with one attached hydrogen (secondary N) is 1. The monoisotopic (exact) mass is 463 g/mol. The zero-order chi connectivity index (χ0) is 24.0. The molecule has 0 heterocycles. The van der Waals surface area contributed by atoms with Crippen LogP contribution in [-0.2, 0) is 9.59 Å². The van der Waals surface area contributed by atoms with E-state index in [-0.39, 0.29) is 41.9 Å². The SMILES string of the molecule is C[C@H](CCC(=O)NCCC(=O)O)[C@H]1CC[C@H]2[C@@H]3[C@H](O)C[C@@H]4C[C@H](O)CC[C@]4(C)[C@H]3CC[C@]12C. The zero-order valence-electron chi connectivity index (χ0n) is 20.8. The standard InChI is InChI=1S/C27H45NO5/c1-16(4-7-23(31)28-13-10-24(32)33)19-5-6-20-25-21(9-12-27(19,20)3)26(2)11-8-18(29)14-17(26)15-22(25)30/h16-22,25,29-30H,4-15H2,1-3H3,(H,28,31)(H,32,33)/t16-,17+,18-,19-,20+,21+,22-,25+,26+,27-/m1/s1. The van der Waals surface area contributed by atoms with Crippen molar-refractivity contribution in [1.82, 2.24) is 5.32 Å². The van der Waals surface area contributed by atoms with Crippen LogP contribution in [0.4, 0.5) is 0 Å². The van der Waals surface area contributed by atoms with Crippen LogP contribution in [0.1, 0.15) is 91.4 Å². The predicted octanol–water partition coefficient (Wildman–Crippen LogP) is 3.98. The van der Waals surface area contributed by atoms with Gasteiger partial charge in [-0.15, -0.1) is 0 Å². The fourth-order valence-corrected chi connectivity index (χ4v) is 9.13. The van der Waals surface area contributed by atoms with E-state index in [2.05, 4.69) is 26.1 Å². The van der Waals surface area contributed by atoms with E-state index < -0.39 is 5.97 Å². The topological polar surface area (TPSA) is 107 Å². The molecule has 6 nitrogen and oxygen atoms in total. The number of fused-ring (bicyclic) bond motifs is 5. The van der Waals surface area contributed by atoms with Crippen molar-refractivity contribution < 1.29 is 24.9 Å². The summed E-state index contributed by atoms with van der Waals surface area (Å²) in [5.41, 5.74) is 0.473. The smallest absolute Gasteiger partial charge is 0.305 e. The molecular weight excluding hydrogens is 418 g/mol. The van der Waals surface area contributed by atoms with Crippen molar-refractivity contribution in [3.05, 3.63) is 0 Å². The fraction of sp³-hybridized carbons (Fsp3) is 0.926. The van der Waals surface area contributed by atoms with Gasteiger partial charge in [-0.05, 0) is 104 Å². The number of carbonyl (C=O) groups excluding carboxylic acids is 1. The lowest BCUT2D eigenvalue weighted by Gasteiger charge is -2.62. The van der Waals surface area contributed by atoms with Gasteiger partial charge in [0, 0.05) is 13.0 Å². The third-order valence-electron chi connectivity index (χ3n) is 10.9. The van der Waals surface area contributed by atoms with Crippen LogP contribution in [0.3, 0.4) is 0 Å². The lowest BCUT2D eigenvalue weighted by molar-refractivity contribution is -0.174. The maximum absolute atomic E-state index is 12.2. The van der Waals surface area contributed by atoms with Crippen molar-refractivity contribution in [1.29, 1.82) is 0 Å². The van der Waals surface area contributed by atoms with Crippen LogP contribution in [0, 0.1) is 46.3 Å². The number of carboxylic acid groups (broad SMARTS) is 1. The number of aliphatic hydroxyl groups is 2. The van der Waals surface area contributed by atoms with Crippen molar-refractivity contribution in [3.63, 3.8) is 0 Å². The molecular formula is C27H45NO5. The Morgan fingerprint density at radius 3 is 2.39 bits per heavy atom. The van der Waals surface area contributed by atoms with E-state index in [0.29, 0.717) is 41.9 Å². The first-order valence-electron chi connectivity index (χ1n) is 13.4. The number of rotatable bonds is 7. The summed E-state index contributed by atoms with van der Waals surface area (Å²) in [6, 6.07) is 0. The molecule has 1 amide bonds. The Kier molecular flexibility index (Phi) is 7.18. The summed E-state index contributed by atoms with van der Waals surface area (Å²) in [5.74, 6) is 2.00. The van der Waals surface area contributed by atoms with E-state index in [9.17, 15) is 19.8 Å². The first-order valence-corrected chi connectivity index (χ1v) is 13.4. The minimum atomic E-state index is -0.890. The Morgan fingerprint density at radius 2 is 1.67 bits per heavy atom. The molecule has 33 heavy (non-hydrogen) atoms. The maximum Gasteiger partial charge on any atom is 0.305 e. The molecule has 6 heteroatoms. The van der Waals surface area contributed by atoms with Crippen molar-refractivity contribution in [2.45, 2.75) is 104 Å². The van der Waals surface area contributed by atoms with Crippen LogP contribution in [-0.4, -0.2) is 45.9 Å². The van der Waals surface area contributed by atoms with Gasteiger partial charge in [-0.3, -0.25) is 9.59 Å². The second-order valence-electron chi connectivity index (χ2n) is 12.5. The van der Waals surface area contributed by atoms with Gasteiger partial charge in [0.1, 0.15) is 0 Å². The van der Waals surface area contributed by atoms with Crippen molar-refractivity contribution in [3.8, 4) is 0 Å². The van der Waals surface area contributed by atoms with E-state index in [1.807, 2.05) is 0 Å². The first kappa shape index (κ1) is 25.0. The van der Waals surface area contributed by atoms with Crippen LogP contribution in [0.15, 0.2) is 0 Å². The molecule has 0 aromatic rings. The highest BCUT2D eigenvalue weighted by molar-refractivity contribution is 5.76. The van der Waals surface area contributed by atoms with Crippen LogP contribution in [0.2, 0.25) is 0 Å². The molecule has 4 saturated carbocycles. The number of amides is 1. The minimum Gasteiger partial charge on any atom is -0.481 e. The van der Waals surface area contributed by atoms with Crippen molar-refractivity contribution in [2.75, 3.05) is 6.54 Å². The average molecular weight is 464 g/mol. The largest absolute Gasteiger partial charge is 0.481 e. The van der Waals surface area contributed by atoms with Crippen LogP contribution in [0.5, 0.6) is 0 Å². The normalized spacial score (nSPS) is 45.4. The highest BCUT2D eigenvalue weighted by atomic mass is 16.4. The Labute approximate surface area is 198 Å². The molecule has 4 rings (SSSR count). The van der Waals surface area contributed by atoms with Gasteiger partial charge in [0.15, 0.2) is 0 Å². The number of aliphatic carboxylic acids is 1. The molecule has 4 aliphatic carbocycles. The van der Waals surface area contributed by atoms with Crippen LogP contribution >= 0.6 is 0 Å². The molecule has 0 radical (unpaired) electrons. The predicted molar refractivity (Wildman–Crippen MR) is 126 cm³/mol. The third-order valence-corrected chi connectivity index (χ3v) is 10.9.